The third-order valence-corrected chi connectivity index (χ3v) is 3.69. The van der Waals surface area contributed by atoms with E-state index >= 15 is 0 Å². The van der Waals surface area contributed by atoms with Gasteiger partial charge in [0.25, 0.3) is 0 Å². The Balaban J connectivity index is 2.98. The highest BCUT2D eigenvalue weighted by atomic mass is 16.5. The van der Waals surface area contributed by atoms with E-state index in [0.717, 1.165) is 49.0 Å². The van der Waals surface area contributed by atoms with Gasteiger partial charge in [-0.3, -0.25) is 0 Å². The first-order valence-electron chi connectivity index (χ1n) is 7.73. The molecule has 0 aromatic heterocycles. The van der Waals surface area contributed by atoms with E-state index in [1.54, 1.807) is 7.11 Å². The first-order valence-corrected chi connectivity index (χ1v) is 7.73. The molecular formula is C18H26O3. The molecule has 0 amide bonds. The lowest BCUT2D eigenvalue weighted by molar-refractivity contribution is -0.132. The van der Waals surface area contributed by atoms with Gasteiger partial charge in [0, 0.05) is 5.57 Å². The molecule has 0 radical (unpaired) electrons. The molecule has 0 saturated heterocycles. The topological polar surface area (TPSA) is 46.5 Å². The summed E-state index contributed by atoms with van der Waals surface area (Å²) in [5.41, 5.74) is 2.46. The molecule has 0 aliphatic carbocycles. The van der Waals surface area contributed by atoms with Gasteiger partial charge in [-0.15, -0.1) is 0 Å². The first-order chi connectivity index (χ1) is 10.1. The lowest BCUT2D eigenvalue weighted by atomic mass is 9.94. The van der Waals surface area contributed by atoms with Gasteiger partial charge in [-0.05, 0) is 42.5 Å². The summed E-state index contributed by atoms with van der Waals surface area (Å²) in [5, 5.41) is 9.51. The van der Waals surface area contributed by atoms with Crippen molar-refractivity contribution < 1.29 is 14.6 Å². The number of benzene rings is 1. The zero-order valence-corrected chi connectivity index (χ0v) is 13.3. The predicted octanol–water partition coefficient (Wildman–Crippen LogP) is 4.91. The van der Waals surface area contributed by atoms with Gasteiger partial charge in [0.15, 0.2) is 0 Å². The van der Waals surface area contributed by atoms with Crippen molar-refractivity contribution in [2.45, 2.75) is 52.4 Å². The molecule has 0 aliphatic heterocycles. The van der Waals surface area contributed by atoms with E-state index in [-0.39, 0.29) is 0 Å². The molecule has 0 bridgehead atoms. The van der Waals surface area contributed by atoms with Crippen LogP contribution in [0, 0.1) is 0 Å². The maximum atomic E-state index is 11.6. The van der Waals surface area contributed by atoms with Gasteiger partial charge in [-0.1, -0.05) is 45.2 Å². The summed E-state index contributed by atoms with van der Waals surface area (Å²) in [6, 6.07) is 7.63. The fourth-order valence-corrected chi connectivity index (χ4v) is 2.50. The fraction of sp³-hybridized carbons (Fsp3) is 0.500. The fourth-order valence-electron chi connectivity index (χ4n) is 2.50. The van der Waals surface area contributed by atoms with Crippen LogP contribution in [0.25, 0.3) is 5.57 Å². The van der Waals surface area contributed by atoms with Crippen molar-refractivity contribution >= 4 is 11.5 Å². The molecule has 0 fully saturated rings. The minimum atomic E-state index is -0.792. The summed E-state index contributed by atoms with van der Waals surface area (Å²) in [7, 11) is 1.63. The minimum absolute atomic E-state index is 0.554. The highest BCUT2D eigenvalue weighted by molar-refractivity contribution is 5.96. The molecule has 116 valence electrons. The Morgan fingerprint density at radius 3 is 2.24 bits per heavy atom. The second-order valence-corrected chi connectivity index (χ2v) is 5.15. The molecule has 1 aromatic carbocycles. The van der Waals surface area contributed by atoms with E-state index in [2.05, 4.69) is 6.92 Å². The average molecular weight is 290 g/mol. The van der Waals surface area contributed by atoms with Gasteiger partial charge in [0.2, 0.25) is 0 Å². The molecule has 0 heterocycles. The molecule has 21 heavy (non-hydrogen) atoms. The normalized spacial score (nSPS) is 12.0. The Morgan fingerprint density at radius 2 is 1.76 bits per heavy atom. The molecular weight excluding hydrogens is 264 g/mol. The largest absolute Gasteiger partial charge is 0.497 e. The zero-order chi connectivity index (χ0) is 15.7. The van der Waals surface area contributed by atoms with Crippen molar-refractivity contribution in [2.75, 3.05) is 7.11 Å². The second kappa shape index (κ2) is 9.22. The van der Waals surface area contributed by atoms with Crippen molar-refractivity contribution in [3.8, 4) is 5.75 Å². The van der Waals surface area contributed by atoms with Crippen LogP contribution < -0.4 is 4.74 Å². The van der Waals surface area contributed by atoms with Crippen molar-refractivity contribution in [3.05, 3.63) is 35.4 Å². The maximum Gasteiger partial charge on any atom is 0.331 e. The van der Waals surface area contributed by atoms with Gasteiger partial charge in [0.05, 0.1) is 7.11 Å². The maximum absolute atomic E-state index is 11.6. The highest BCUT2D eigenvalue weighted by Crippen LogP contribution is 2.27. The van der Waals surface area contributed by atoms with Gasteiger partial charge in [-0.25, -0.2) is 4.79 Å². The molecule has 1 N–H and O–H groups in total. The Kier molecular flexibility index (Phi) is 7.59. The second-order valence-electron chi connectivity index (χ2n) is 5.15. The number of carbonyl (C=O) groups is 1. The lowest BCUT2D eigenvalue weighted by Crippen LogP contribution is -2.05. The zero-order valence-electron chi connectivity index (χ0n) is 13.3. The number of allylic oxidation sites excluding steroid dienone is 1. The first kappa shape index (κ1) is 17.3. The van der Waals surface area contributed by atoms with Crippen LogP contribution in [0.1, 0.15) is 57.9 Å². The van der Waals surface area contributed by atoms with Gasteiger partial charge in [0.1, 0.15) is 5.75 Å². The standard InChI is InChI=1S/C18H26O3/c1-4-6-7-8-9-17(18(19)20)16(5-2)14-10-12-15(21-3)13-11-14/h10-13H,4-9H2,1-3H3,(H,19,20)/b17-16+. The number of carboxylic acids is 1. The molecule has 0 unspecified atom stereocenters. The van der Waals surface area contributed by atoms with Crippen LogP contribution in [-0.4, -0.2) is 18.2 Å². The summed E-state index contributed by atoms with van der Waals surface area (Å²) in [4.78, 5) is 11.6. The minimum Gasteiger partial charge on any atom is -0.497 e. The number of hydrogen-bond acceptors (Lipinski definition) is 2. The van der Waals surface area contributed by atoms with E-state index in [1.165, 1.54) is 0 Å². The summed E-state index contributed by atoms with van der Waals surface area (Å²) in [5.74, 6) is -0.00631. The number of carboxylic acid groups (broad SMARTS) is 1. The molecule has 1 aromatic rings. The van der Waals surface area contributed by atoms with Gasteiger partial charge in [-0.2, -0.15) is 0 Å². The van der Waals surface area contributed by atoms with Crippen molar-refractivity contribution in [3.63, 3.8) is 0 Å². The molecule has 3 heteroatoms. The molecule has 0 spiro atoms. The van der Waals surface area contributed by atoms with Crippen LogP contribution in [0.4, 0.5) is 0 Å². The van der Waals surface area contributed by atoms with Crippen molar-refractivity contribution in [1.29, 1.82) is 0 Å². The summed E-state index contributed by atoms with van der Waals surface area (Å²) in [6.45, 7) is 4.16. The van der Waals surface area contributed by atoms with Gasteiger partial charge >= 0.3 is 5.97 Å². The van der Waals surface area contributed by atoms with E-state index in [1.807, 2.05) is 31.2 Å². The summed E-state index contributed by atoms with van der Waals surface area (Å²) >= 11 is 0. The Bertz CT molecular complexity index is 472. The van der Waals surface area contributed by atoms with Crippen LogP contribution in [0.3, 0.4) is 0 Å². The van der Waals surface area contributed by atoms with E-state index in [9.17, 15) is 9.90 Å². The number of hydrogen-bond donors (Lipinski definition) is 1. The smallest absolute Gasteiger partial charge is 0.331 e. The molecule has 0 saturated carbocycles. The van der Waals surface area contributed by atoms with Crippen LogP contribution >= 0.6 is 0 Å². The Labute approximate surface area is 127 Å². The molecule has 1 rings (SSSR count). The van der Waals surface area contributed by atoms with E-state index in [4.69, 9.17) is 4.74 Å². The van der Waals surface area contributed by atoms with Gasteiger partial charge < -0.3 is 9.84 Å². The highest BCUT2D eigenvalue weighted by Gasteiger charge is 2.14. The SMILES string of the molecule is CCCCCC/C(C(=O)O)=C(/CC)c1ccc(OC)cc1. The molecule has 3 nitrogen and oxygen atoms in total. The van der Waals surface area contributed by atoms with Crippen LogP contribution in [0.5, 0.6) is 5.75 Å². The van der Waals surface area contributed by atoms with Crippen LogP contribution in [0.15, 0.2) is 29.8 Å². The third kappa shape index (κ3) is 5.25. The quantitative estimate of drug-likeness (QED) is 0.519. The number of aliphatic carboxylic acids is 1. The predicted molar refractivity (Wildman–Crippen MR) is 86.6 cm³/mol. The molecule has 0 aliphatic rings. The number of rotatable bonds is 9. The average Bonchev–Trinajstić information content (AvgIpc) is 2.50. The summed E-state index contributed by atoms with van der Waals surface area (Å²) < 4.78 is 5.15. The number of methoxy groups -OCH3 is 1. The van der Waals surface area contributed by atoms with Crippen molar-refractivity contribution in [1.82, 2.24) is 0 Å². The monoisotopic (exact) mass is 290 g/mol. The van der Waals surface area contributed by atoms with E-state index in [0.29, 0.717) is 12.0 Å². The van der Waals surface area contributed by atoms with Crippen LogP contribution in [0.2, 0.25) is 0 Å². The third-order valence-electron chi connectivity index (χ3n) is 3.69. The summed E-state index contributed by atoms with van der Waals surface area (Å²) in [6.07, 6.45) is 5.72. The Hall–Kier alpha value is -1.77. The van der Waals surface area contributed by atoms with Crippen molar-refractivity contribution in [2.24, 2.45) is 0 Å². The van der Waals surface area contributed by atoms with Crippen LogP contribution in [-0.2, 0) is 4.79 Å². The number of unbranched alkanes of at least 4 members (excludes halogenated alkanes) is 3. The molecule has 0 atom stereocenters. The number of ether oxygens (including phenoxy) is 1. The Morgan fingerprint density at radius 1 is 1.10 bits per heavy atom. The lowest BCUT2D eigenvalue weighted by Gasteiger charge is -2.12. The van der Waals surface area contributed by atoms with E-state index < -0.39 is 5.97 Å².